The molecule has 0 aliphatic rings. The van der Waals surface area contributed by atoms with Crippen LogP contribution in [0.15, 0.2) is 72.0 Å². The fraction of sp³-hybridized carbons (Fsp3) is 0.167. The van der Waals surface area contributed by atoms with Crippen LogP contribution in [-0.4, -0.2) is 24.5 Å². The number of aromatic nitrogens is 5. The van der Waals surface area contributed by atoms with Gasteiger partial charge in [-0.15, -0.1) is 0 Å². The first-order valence-corrected chi connectivity index (χ1v) is 10.3. The summed E-state index contributed by atoms with van der Waals surface area (Å²) < 4.78 is 1.81. The first-order valence-electron chi connectivity index (χ1n) is 10.3. The second-order valence-electron chi connectivity index (χ2n) is 7.51. The van der Waals surface area contributed by atoms with Crippen molar-refractivity contribution in [3.05, 3.63) is 88.9 Å². The fourth-order valence-electron chi connectivity index (χ4n) is 4.08. The molecule has 154 valence electrons. The molecule has 0 aliphatic carbocycles. The van der Waals surface area contributed by atoms with E-state index < -0.39 is 0 Å². The molecule has 5 rings (SSSR count). The van der Waals surface area contributed by atoms with Gasteiger partial charge in [-0.2, -0.15) is 0 Å². The van der Waals surface area contributed by atoms with E-state index in [1.165, 1.54) is 6.33 Å². The van der Waals surface area contributed by atoms with Crippen molar-refractivity contribution >= 4 is 27.8 Å². The highest BCUT2D eigenvalue weighted by atomic mass is 16.1. The van der Waals surface area contributed by atoms with Crippen LogP contribution >= 0.6 is 0 Å². The lowest BCUT2D eigenvalue weighted by molar-refractivity contribution is 0.689. The number of rotatable bonds is 5. The van der Waals surface area contributed by atoms with Crippen molar-refractivity contribution < 1.29 is 0 Å². The molecule has 0 amide bonds. The van der Waals surface area contributed by atoms with Gasteiger partial charge in [0.15, 0.2) is 11.5 Å². The minimum absolute atomic E-state index is 0.0218. The topological polar surface area (TPSA) is 88.5 Å². The van der Waals surface area contributed by atoms with E-state index in [0.29, 0.717) is 11.5 Å². The summed E-state index contributed by atoms with van der Waals surface area (Å²) in [6.45, 7) is 4.06. The van der Waals surface area contributed by atoms with Crippen molar-refractivity contribution in [2.45, 2.75) is 26.3 Å². The molecule has 0 aliphatic heterocycles. The summed E-state index contributed by atoms with van der Waals surface area (Å²) in [7, 11) is 0. The predicted octanol–water partition coefficient (Wildman–Crippen LogP) is 4.53. The summed E-state index contributed by atoms with van der Waals surface area (Å²) in [4.78, 5) is 29.6. The Morgan fingerprint density at radius 2 is 1.90 bits per heavy atom. The van der Waals surface area contributed by atoms with E-state index in [1.54, 1.807) is 6.33 Å². The van der Waals surface area contributed by atoms with E-state index in [4.69, 9.17) is 0 Å². The van der Waals surface area contributed by atoms with E-state index in [0.717, 1.165) is 39.7 Å². The zero-order valence-electron chi connectivity index (χ0n) is 17.3. The first kappa shape index (κ1) is 19.0. The number of aromatic amines is 1. The molecule has 2 N–H and O–H groups in total. The molecule has 7 heteroatoms. The van der Waals surface area contributed by atoms with Crippen LogP contribution in [-0.2, 0) is 0 Å². The first-order chi connectivity index (χ1) is 15.2. The summed E-state index contributed by atoms with van der Waals surface area (Å²) >= 11 is 0. The van der Waals surface area contributed by atoms with Gasteiger partial charge in [-0.05, 0) is 42.5 Å². The third-order valence-electron chi connectivity index (χ3n) is 5.60. The lowest BCUT2D eigenvalue weighted by Gasteiger charge is -2.23. The van der Waals surface area contributed by atoms with E-state index in [-0.39, 0.29) is 11.6 Å². The normalized spacial score (nSPS) is 12.3. The number of anilines is 1. The largest absolute Gasteiger partial charge is 0.360 e. The highest BCUT2D eigenvalue weighted by Crippen LogP contribution is 2.28. The van der Waals surface area contributed by atoms with Crippen molar-refractivity contribution in [3.8, 4) is 5.69 Å². The second-order valence-corrected chi connectivity index (χ2v) is 7.51. The van der Waals surface area contributed by atoms with Crippen molar-refractivity contribution in [1.82, 2.24) is 24.5 Å². The SMILES string of the molecule is CCC(Nc1ncnc2nc[nH]c12)c1cc2cccc(C)c2c(=O)n1-c1ccccc1. The van der Waals surface area contributed by atoms with Crippen LogP contribution in [0.3, 0.4) is 0 Å². The van der Waals surface area contributed by atoms with Crippen molar-refractivity contribution in [2.24, 2.45) is 0 Å². The van der Waals surface area contributed by atoms with E-state index in [9.17, 15) is 4.79 Å². The van der Waals surface area contributed by atoms with Gasteiger partial charge in [-0.25, -0.2) is 15.0 Å². The quantitative estimate of drug-likeness (QED) is 0.444. The van der Waals surface area contributed by atoms with E-state index in [2.05, 4.69) is 38.2 Å². The molecular formula is C24H22N6O. The molecule has 0 saturated heterocycles. The average Bonchev–Trinajstić information content (AvgIpc) is 3.27. The Bertz CT molecular complexity index is 1440. The van der Waals surface area contributed by atoms with Gasteiger partial charge in [0, 0.05) is 11.4 Å². The molecule has 1 unspecified atom stereocenters. The minimum Gasteiger partial charge on any atom is -0.360 e. The Balaban J connectivity index is 1.74. The Kier molecular flexibility index (Phi) is 4.71. The number of H-pyrrole nitrogens is 1. The maximum absolute atomic E-state index is 13.7. The van der Waals surface area contributed by atoms with Crippen LogP contribution in [0.2, 0.25) is 0 Å². The van der Waals surface area contributed by atoms with Crippen LogP contribution in [0.1, 0.15) is 30.6 Å². The smallest absolute Gasteiger partial charge is 0.263 e. The van der Waals surface area contributed by atoms with Crippen LogP contribution in [0.4, 0.5) is 5.82 Å². The molecule has 1 atom stereocenters. The zero-order valence-corrected chi connectivity index (χ0v) is 17.3. The summed E-state index contributed by atoms with van der Waals surface area (Å²) in [5.74, 6) is 0.658. The number of para-hydroxylation sites is 1. The lowest BCUT2D eigenvalue weighted by Crippen LogP contribution is -2.27. The summed E-state index contributed by atoms with van der Waals surface area (Å²) in [5, 5.41) is 5.18. The number of aryl methyl sites for hydroxylation is 1. The van der Waals surface area contributed by atoms with Crippen LogP contribution in [0.25, 0.3) is 27.6 Å². The summed E-state index contributed by atoms with van der Waals surface area (Å²) in [6.07, 6.45) is 3.85. The molecule has 3 aromatic heterocycles. The van der Waals surface area contributed by atoms with Crippen LogP contribution < -0.4 is 10.9 Å². The number of hydrogen-bond donors (Lipinski definition) is 2. The summed E-state index contributed by atoms with van der Waals surface area (Å²) in [6, 6.07) is 17.7. The molecule has 7 nitrogen and oxygen atoms in total. The number of imidazole rings is 1. The number of fused-ring (bicyclic) bond motifs is 2. The van der Waals surface area contributed by atoms with Crippen LogP contribution in [0.5, 0.6) is 0 Å². The van der Waals surface area contributed by atoms with Gasteiger partial charge in [-0.3, -0.25) is 9.36 Å². The number of pyridine rings is 1. The zero-order chi connectivity index (χ0) is 21.4. The molecule has 0 saturated carbocycles. The molecule has 5 aromatic rings. The third kappa shape index (κ3) is 3.24. The predicted molar refractivity (Wildman–Crippen MR) is 123 cm³/mol. The molecule has 31 heavy (non-hydrogen) atoms. The van der Waals surface area contributed by atoms with Gasteiger partial charge in [-0.1, -0.05) is 43.3 Å². The maximum Gasteiger partial charge on any atom is 0.263 e. The van der Waals surface area contributed by atoms with E-state index >= 15 is 0 Å². The Hall–Kier alpha value is -4.00. The van der Waals surface area contributed by atoms with Gasteiger partial charge in [0.25, 0.3) is 5.56 Å². The molecule has 0 spiro atoms. The molecule has 0 fully saturated rings. The van der Waals surface area contributed by atoms with Crippen molar-refractivity contribution in [1.29, 1.82) is 0 Å². The Morgan fingerprint density at radius 3 is 2.71 bits per heavy atom. The highest BCUT2D eigenvalue weighted by molar-refractivity contribution is 5.86. The average molecular weight is 410 g/mol. The molecular weight excluding hydrogens is 388 g/mol. The third-order valence-corrected chi connectivity index (χ3v) is 5.60. The monoisotopic (exact) mass is 410 g/mol. The number of nitrogens with one attached hydrogen (secondary N) is 2. The minimum atomic E-state index is -0.154. The van der Waals surface area contributed by atoms with E-state index in [1.807, 2.05) is 60.0 Å². The molecule has 0 bridgehead atoms. The number of nitrogens with zero attached hydrogens (tertiary/aromatic N) is 4. The van der Waals surface area contributed by atoms with Gasteiger partial charge in [0.2, 0.25) is 0 Å². The van der Waals surface area contributed by atoms with Crippen molar-refractivity contribution in [2.75, 3.05) is 5.32 Å². The highest BCUT2D eigenvalue weighted by Gasteiger charge is 2.20. The number of benzene rings is 2. The second kappa shape index (κ2) is 7.68. The Morgan fingerprint density at radius 1 is 1.06 bits per heavy atom. The lowest BCUT2D eigenvalue weighted by atomic mass is 10.0. The fourth-order valence-corrected chi connectivity index (χ4v) is 4.08. The van der Waals surface area contributed by atoms with Gasteiger partial charge >= 0.3 is 0 Å². The number of hydrogen-bond acceptors (Lipinski definition) is 5. The molecule has 3 heterocycles. The summed E-state index contributed by atoms with van der Waals surface area (Å²) in [5.41, 5.74) is 4.00. The van der Waals surface area contributed by atoms with Crippen molar-refractivity contribution in [3.63, 3.8) is 0 Å². The van der Waals surface area contributed by atoms with Gasteiger partial charge in [0.05, 0.1) is 17.8 Å². The van der Waals surface area contributed by atoms with Gasteiger partial charge in [0.1, 0.15) is 11.8 Å². The van der Waals surface area contributed by atoms with Gasteiger partial charge < -0.3 is 10.3 Å². The molecule has 0 radical (unpaired) electrons. The maximum atomic E-state index is 13.7. The molecule has 2 aromatic carbocycles. The Labute approximate surface area is 178 Å². The standard InChI is InChI=1S/C24H22N6O/c1-3-18(29-23-21-22(26-13-25-21)27-14-28-23)19-12-16-9-7-8-15(2)20(16)24(31)30(19)17-10-5-4-6-11-17/h4-14,18H,3H2,1-2H3,(H2,25,26,27,28,29). The van der Waals surface area contributed by atoms with Crippen LogP contribution in [0, 0.1) is 6.92 Å².